The van der Waals surface area contributed by atoms with E-state index in [-0.39, 0.29) is 11.7 Å². The number of aliphatic hydroxyl groups is 1. The van der Waals surface area contributed by atoms with E-state index in [1.807, 2.05) is 6.92 Å². The van der Waals surface area contributed by atoms with Gasteiger partial charge in [0.25, 0.3) is 0 Å². The van der Waals surface area contributed by atoms with Crippen molar-refractivity contribution in [1.29, 1.82) is 0 Å². The molecule has 0 aromatic heterocycles. The van der Waals surface area contributed by atoms with Crippen LogP contribution in [0.5, 0.6) is 0 Å². The van der Waals surface area contributed by atoms with Gasteiger partial charge >= 0.3 is 0 Å². The number of hydrogen-bond acceptors (Lipinski definition) is 3. The van der Waals surface area contributed by atoms with Crippen molar-refractivity contribution in [1.82, 2.24) is 0 Å². The van der Waals surface area contributed by atoms with Gasteiger partial charge in [0.05, 0.1) is 17.8 Å². The highest BCUT2D eigenvalue weighted by Gasteiger charge is 2.52. The Labute approximate surface area is 127 Å². The van der Waals surface area contributed by atoms with E-state index in [1.165, 1.54) is 24.0 Å². The van der Waals surface area contributed by atoms with Gasteiger partial charge in [-0.1, -0.05) is 24.3 Å². The minimum absolute atomic E-state index is 0.169. The zero-order valence-electron chi connectivity index (χ0n) is 13.1. The highest BCUT2D eigenvalue weighted by molar-refractivity contribution is 5.32. The third-order valence-electron chi connectivity index (χ3n) is 5.70. The second-order valence-electron chi connectivity index (χ2n) is 6.87. The maximum atomic E-state index is 9.83. The second-order valence-corrected chi connectivity index (χ2v) is 6.87. The fraction of sp³-hybridized carbons (Fsp3) is 0.667. The summed E-state index contributed by atoms with van der Waals surface area (Å²) in [5.74, 6) is 0.940. The SMILES string of the molecule is CC(O)C(C)OC1(CN)C2CCC1Cc1ccccc1C2. The molecule has 0 saturated heterocycles. The highest BCUT2D eigenvalue weighted by atomic mass is 16.5. The summed E-state index contributed by atoms with van der Waals surface area (Å²) in [5.41, 5.74) is 8.85. The lowest BCUT2D eigenvalue weighted by molar-refractivity contribution is -0.155. The Bertz CT molecular complexity index is 467. The van der Waals surface area contributed by atoms with Crippen LogP contribution < -0.4 is 5.73 Å². The molecule has 2 aliphatic carbocycles. The highest BCUT2D eigenvalue weighted by Crippen LogP contribution is 2.49. The summed E-state index contributed by atoms with van der Waals surface area (Å²) in [6.45, 7) is 4.30. The van der Waals surface area contributed by atoms with Gasteiger partial charge in [0.1, 0.15) is 0 Å². The van der Waals surface area contributed by atoms with Crippen LogP contribution in [0.15, 0.2) is 24.3 Å². The Hall–Kier alpha value is -0.900. The molecule has 21 heavy (non-hydrogen) atoms. The molecule has 3 heteroatoms. The minimum Gasteiger partial charge on any atom is -0.391 e. The molecule has 0 amide bonds. The molecule has 3 N–H and O–H groups in total. The summed E-state index contributed by atoms with van der Waals surface area (Å²) in [4.78, 5) is 0. The number of nitrogens with two attached hydrogens (primary N) is 1. The van der Waals surface area contributed by atoms with Crippen molar-refractivity contribution < 1.29 is 9.84 Å². The number of fused-ring (bicyclic) bond motifs is 3. The summed E-state index contributed by atoms with van der Waals surface area (Å²) >= 11 is 0. The Morgan fingerprint density at radius 1 is 1.19 bits per heavy atom. The minimum atomic E-state index is -0.460. The summed E-state index contributed by atoms with van der Waals surface area (Å²) in [5, 5.41) is 9.83. The molecule has 1 saturated carbocycles. The Kier molecular flexibility index (Phi) is 4.08. The molecule has 0 aliphatic heterocycles. The molecule has 3 rings (SSSR count). The van der Waals surface area contributed by atoms with E-state index in [1.54, 1.807) is 6.92 Å². The van der Waals surface area contributed by atoms with Crippen LogP contribution in [0.25, 0.3) is 0 Å². The van der Waals surface area contributed by atoms with Crippen LogP contribution >= 0.6 is 0 Å². The first kappa shape index (κ1) is 15.0. The summed E-state index contributed by atoms with van der Waals surface area (Å²) in [7, 11) is 0. The van der Waals surface area contributed by atoms with Gasteiger partial charge in [0.2, 0.25) is 0 Å². The van der Waals surface area contributed by atoms with Gasteiger partial charge in [-0.25, -0.2) is 0 Å². The first-order chi connectivity index (χ1) is 10.1. The van der Waals surface area contributed by atoms with Gasteiger partial charge in [0, 0.05) is 6.54 Å². The van der Waals surface area contributed by atoms with Gasteiger partial charge in [-0.3, -0.25) is 0 Å². The standard InChI is InChI=1S/C18H27NO2/c1-12(20)13(2)21-18(11-19)16-7-8-17(18)10-15-6-4-3-5-14(15)9-16/h3-6,12-13,16-17,20H,7-11,19H2,1-2H3. The summed E-state index contributed by atoms with van der Waals surface area (Å²) in [6.07, 6.45) is 3.84. The van der Waals surface area contributed by atoms with Crippen LogP contribution in [-0.4, -0.2) is 29.5 Å². The fourth-order valence-corrected chi connectivity index (χ4v) is 4.28. The third-order valence-corrected chi connectivity index (χ3v) is 5.70. The number of aliphatic hydroxyl groups excluding tert-OH is 1. The molecule has 4 atom stereocenters. The fourth-order valence-electron chi connectivity index (χ4n) is 4.28. The number of rotatable bonds is 4. The normalized spacial score (nSPS) is 34.1. The van der Waals surface area contributed by atoms with Crippen LogP contribution in [0, 0.1) is 11.8 Å². The lowest BCUT2D eigenvalue weighted by Crippen LogP contribution is -2.52. The van der Waals surface area contributed by atoms with Crippen molar-refractivity contribution >= 4 is 0 Å². The molecule has 116 valence electrons. The van der Waals surface area contributed by atoms with Gasteiger partial charge in [0.15, 0.2) is 0 Å². The van der Waals surface area contributed by atoms with Crippen LogP contribution in [0.3, 0.4) is 0 Å². The first-order valence-corrected chi connectivity index (χ1v) is 8.19. The molecule has 2 bridgehead atoms. The largest absolute Gasteiger partial charge is 0.391 e. The van der Waals surface area contributed by atoms with Crippen molar-refractivity contribution in [3.63, 3.8) is 0 Å². The van der Waals surface area contributed by atoms with Crippen molar-refractivity contribution in [3.05, 3.63) is 35.4 Å². The first-order valence-electron chi connectivity index (χ1n) is 8.19. The maximum Gasteiger partial charge on any atom is 0.0871 e. The van der Waals surface area contributed by atoms with Gasteiger partial charge in [-0.05, 0) is 62.5 Å². The molecular weight excluding hydrogens is 262 g/mol. The van der Waals surface area contributed by atoms with Crippen molar-refractivity contribution in [3.8, 4) is 0 Å². The van der Waals surface area contributed by atoms with Crippen LogP contribution in [0.4, 0.5) is 0 Å². The quantitative estimate of drug-likeness (QED) is 0.894. The van der Waals surface area contributed by atoms with Crippen molar-refractivity contribution in [2.75, 3.05) is 6.54 Å². The van der Waals surface area contributed by atoms with Gasteiger partial charge < -0.3 is 15.6 Å². The molecule has 0 radical (unpaired) electrons. The van der Waals surface area contributed by atoms with E-state index in [9.17, 15) is 5.11 Å². The Morgan fingerprint density at radius 3 is 2.14 bits per heavy atom. The lowest BCUT2D eigenvalue weighted by atomic mass is 9.82. The average molecular weight is 289 g/mol. The van der Waals surface area contributed by atoms with E-state index in [4.69, 9.17) is 10.5 Å². The maximum absolute atomic E-state index is 9.83. The predicted molar refractivity (Wildman–Crippen MR) is 84.1 cm³/mol. The van der Waals surface area contributed by atoms with Crippen molar-refractivity contribution in [2.45, 2.75) is 57.3 Å². The molecule has 1 aromatic carbocycles. The third kappa shape index (κ3) is 2.52. The topological polar surface area (TPSA) is 55.5 Å². The Balaban J connectivity index is 1.93. The lowest BCUT2D eigenvalue weighted by Gasteiger charge is -2.41. The van der Waals surface area contributed by atoms with Crippen LogP contribution in [0.1, 0.15) is 37.8 Å². The molecule has 2 aliphatic rings. The van der Waals surface area contributed by atoms with E-state index in [0.717, 1.165) is 12.8 Å². The number of ether oxygens (including phenoxy) is 1. The molecular formula is C18H27NO2. The smallest absolute Gasteiger partial charge is 0.0871 e. The summed E-state index contributed by atoms with van der Waals surface area (Å²) in [6, 6.07) is 8.74. The zero-order chi connectivity index (χ0) is 15.0. The summed E-state index contributed by atoms with van der Waals surface area (Å²) < 4.78 is 6.41. The van der Waals surface area contributed by atoms with Crippen molar-refractivity contribution in [2.24, 2.45) is 17.6 Å². The number of benzene rings is 1. The van der Waals surface area contributed by atoms with E-state index in [2.05, 4.69) is 24.3 Å². The molecule has 0 spiro atoms. The molecule has 3 nitrogen and oxygen atoms in total. The average Bonchev–Trinajstić information content (AvgIpc) is 2.70. The molecule has 0 heterocycles. The molecule has 4 unspecified atom stereocenters. The Morgan fingerprint density at radius 2 is 1.71 bits per heavy atom. The molecule has 1 aromatic rings. The monoisotopic (exact) mass is 289 g/mol. The van der Waals surface area contributed by atoms with E-state index < -0.39 is 6.10 Å². The van der Waals surface area contributed by atoms with Crippen LogP contribution in [-0.2, 0) is 17.6 Å². The van der Waals surface area contributed by atoms with Crippen LogP contribution in [0.2, 0.25) is 0 Å². The second kappa shape index (κ2) is 5.71. The number of hydrogen-bond donors (Lipinski definition) is 2. The van der Waals surface area contributed by atoms with Gasteiger partial charge in [-0.15, -0.1) is 0 Å². The van der Waals surface area contributed by atoms with E-state index >= 15 is 0 Å². The predicted octanol–water partition coefficient (Wildman–Crippen LogP) is 2.29. The molecule has 1 fully saturated rings. The van der Waals surface area contributed by atoms with E-state index in [0.29, 0.717) is 18.4 Å². The zero-order valence-corrected chi connectivity index (χ0v) is 13.1. The van der Waals surface area contributed by atoms with Gasteiger partial charge in [-0.2, -0.15) is 0 Å².